The molecule has 1 aliphatic carbocycles. The molecule has 0 heterocycles. The van der Waals surface area contributed by atoms with Gasteiger partial charge in [0.2, 0.25) is 5.91 Å². The van der Waals surface area contributed by atoms with Crippen LogP contribution in [0.5, 0.6) is 0 Å². The maximum Gasteiger partial charge on any atom is 0.347 e. The van der Waals surface area contributed by atoms with Gasteiger partial charge in [-0.15, -0.1) is 0 Å². The van der Waals surface area contributed by atoms with Crippen molar-refractivity contribution in [3.63, 3.8) is 0 Å². The molecule has 1 rings (SSSR count). The van der Waals surface area contributed by atoms with Gasteiger partial charge in [-0.3, -0.25) is 9.36 Å². The van der Waals surface area contributed by atoms with E-state index >= 15 is 0 Å². The predicted octanol–water partition coefficient (Wildman–Crippen LogP) is -0.246. The molecule has 2 atom stereocenters. The topological polar surface area (TPSA) is 113 Å². The van der Waals surface area contributed by atoms with Crippen LogP contribution in [0.1, 0.15) is 26.2 Å². The summed E-state index contributed by atoms with van der Waals surface area (Å²) in [5, 5.41) is 2.33. The average Bonchev–Trinajstić information content (AvgIpc) is 1.97. The number of hydrogen-bond acceptors (Lipinski definition) is 3. The first kappa shape index (κ1) is 12.6. The number of hydrogen-bond donors (Lipinski definition) is 4. The summed E-state index contributed by atoms with van der Waals surface area (Å²) >= 11 is 0. The lowest BCUT2D eigenvalue weighted by molar-refractivity contribution is -0.122. The van der Waals surface area contributed by atoms with Crippen LogP contribution < -0.4 is 11.1 Å². The van der Waals surface area contributed by atoms with Crippen molar-refractivity contribution in [3.8, 4) is 0 Å². The van der Waals surface area contributed by atoms with Crippen molar-refractivity contribution in [1.82, 2.24) is 5.32 Å². The number of carbonyl (C=O) groups excluding carboxylic acids is 1. The Balaban J connectivity index is 2.65. The Bertz CT molecular complexity index is 284. The Labute approximate surface area is 88.4 Å². The fourth-order valence-electron chi connectivity index (χ4n) is 1.51. The summed E-state index contributed by atoms with van der Waals surface area (Å²) in [6, 6.07) is -0.751. The predicted molar refractivity (Wildman–Crippen MR) is 55.0 cm³/mol. The molecule has 1 amide bonds. The highest BCUT2D eigenvalue weighted by atomic mass is 31.2. The van der Waals surface area contributed by atoms with E-state index in [0.29, 0.717) is 0 Å². The van der Waals surface area contributed by atoms with E-state index in [9.17, 15) is 9.36 Å². The second kappa shape index (κ2) is 4.61. The molecule has 5 N–H and O–H groups in total. The van der Waals surface area contributed by atoms with Gasteiger partial charge in [0.15, 0.2) is 0 Å². The monoisotopic (exact) mass is 236 g/mol. The SMILES string of the molecule is CC(N)C(=O)NC(C1CCC1)P(=O)(O)O. The largest absolute Gasteiger partial charge is 0.347 e. The highest BCUT2D eigenvalue weighted by Gasteiger charge is 2.40. The third-order valence-corrected chi connectivity index (χ3v) is 3.94. The fraction of sp³-hybridized carbons (Fsp3) is 0.875. The van der Waals surface area contributed by atoms with Crippen molar-refractivity contribution in [2.24, 2.45) is 11.7 Å². The van der Waals surface area contributed by atoms with E-state index in [-0.39, 0.29) is 5.92 Å². The van der Waals surface area contributed by atoms with Crippen LogP contribution in [-0.2, 0) is 9.36 Å². The molecule has 1 aliphatic rings. The van der Waals surface area contributed by atoms with E-state index in [1.807, 2.05) is 0 Å². The van der Waals surface area contributed by atoms with Crippen molar-refractivity contribution in [3.05, 3.63) is 0 Å². The van der Waals surface area contributed by atoms with Gasteiger partial charge in [-0.05, 0) is 25.7 Å². The Morgan fingerprint density at radius 1 is 1.53 bits per heavy atom. The van der Waals surface area contributed by atoms with Crippen LogP contribution in [0.15, 0.2) is 0 Å². The zero-order chi connectivity index (χ0) is 11.6. The normalized spacial score (nSPS) is 21.6. The van der Waals surface area contributed by atoms with Crippen LogP contribution in [0, 0.1) is 5.92 Å². The highest BCUT2D eigenvalue weighted by Crippen LogP contribution is 2.48. The van der Waals surface area contributed by atoms with Gasteiger partial charge in [0.25, 0.3) is 0 Å². The lowest BCUT2D eigenvalue weighted by atomic mass is 9.85. The van der Waals surface area contributed by atoms with Gasteiger partial charge in [0, 0.05) is 0 Å². The number of amides is 1. The van der Waals surface area contributed by atoms with Gasteiger partial charge in [-0.2, -0.15) is 0 Å². The van der Waals surface area contributed by atoms with E-state index in [4.69, 9.17) is 15.5 Å². The second-order valence-electron chi connectivity index (χ2n) is 4.02. The summed E-state index contributed by atoms with van der Waals surface area (Å²) in [6.07, 6.45) is 2.44. The number of nitrogens with two attached hydrogens (primary N) is 1. The minimum absolute atomic E-state index is 0.117. The number of rotatable bonds is 4. The standard InChI is InChI=1S/C8H17N2O4P/c1-5(9)7(11)10-8(15(12,13)14)6-3-2-4-6/h5-6,8H,2-4,9H2,1H3,(H,10,11)(H2,12,13,14). The Morgan fingerprint density at radius 2 is 2.07 bits per heavy atom. The van der Waals surface area contributed by atoms with Crippen molar-refractivity contribution < 1.29 is 19.1 Å². The van der Waals surface area contributed by atoms with Crippen LogP contribution in [-0.4, -0.2) is 27.5 Å². The van der Waals surface area contributed by atoms with Crippen molar-refractivity contribution in [2.45, 2.75) is 38.0 Å². The molecule has 0 aliphatic heterocycles. The fourth-order valence-corrected chi connectivity index (χ4v) is 2.65. The zero-order valence-electron chi connectivity index (χ0n) is 8.59. The summed E-state index contributed by atoms with van der Waals surface area (Å²) in [4.78, 5) is 29.5. The quantitative estimate of drug-likeness (QED) is 0.503. The summed E-state index contributed by atoms with van der Waals surface area (Å²) in [5.41, 5.74) is 5.32. The smallest absolute Gasteiger partial charge is 0.340 e. The van der Waals surface area contributed by atoms with E-state index in [0.717, 1.165) is 19.3 Å². The highest BCUT2D eigenvalue weighted by molar-refractivity contribution is 7.52. The molecule has 2 unspecified atom stereocenters. The minimum Gasteiger partial charge on any atom is -0.340 e. The summed E-state index contributed by atoms with van der Waals surface area (Å²) < 4.78 is 11.2. The molecule has 0 aromatic carbocycles. The molecule has 0 aromatic rings. The van der Waals surface area contributed by atoms with Crippen LogP contribution in [0.2, 0.25) is 0 Å². The van der Waals surface area contributed by atoms with Crippen molar-refractivity contribution >= 4 is 13.5 Å². The molecule has 0 aromatic heterocycles. The molecule has 6 nitrogen and oxygen atoms in total. The average molecular weight is 236 g/mol. The van der Waals surface area contributed by atoms with E-state index < -0.39 is 25.3 Å². The first-order chi connectivity index (χ1) is 6.82. The van der Waals surface area contributed by atoms with Gasteiger partial charge >= 0.3 is 7.60 Å². The maximum absolute atomic E-state index is 11.3. The molecule has 1 fully saturated rings. The van der Waals surface area contributed by atoms with Crippen molar-refractivity contribution in [2.75, 3.05) is 0 Å². The van der Waals surface area contributed by atoms with E-state index in [1.54, 1.807) is 0 Å². The first-order valence-corrected chi connectivity index (χ1v) is 6.61. The Morgan fingerprint density at radius 3 is 2.33 bits per heavy atom. The Hall–Kier alpha value is -0.420. The van der Waals surface area contributed by atoms with Gasteiger partial charge in [0.1, 0.15) is 5.78 Å². The molecular weight excluding hydrogens is 219 g/mol. The van der Waals surface area contributed by atoms with E-state index in [2.05, 4.69) is 5.32 Å². The molecule has 0 saturated heterocycles. The number of nitrogens with one attached hydrogen (secondary N) is 1. The maximum atomic E-state index is 11.3. The van der Waals surface area contributed by atoms with E-state index in [1.165, 1.54) is 6.92 Å². The second-order valence-corrected chi connectivity index (χ2v) is 5.76. The van der Waals surface area contributed by atoms with Gasteiger partial charge in [-0.1, -0.05) is 6.42 Å². The molecule has 88 valence electrons. The molecule has 0 radical (unpaired) electrons. The van der Waals surface area contributed by atoms with Crippen LogP contribution in [0.3, 0.4) is 0 Å². The molecular formula is C8H17N2O4P. The van der Waals surface area contributed by atoms with Crippen molar-refractivity contribution in [1.29, 1.82) is 0 Å². The minimum atomic E-state index is -4.28. The molecule has 0 bridgehead atoms. The Kier molecular flexibility index (Phi) is 3.89. The molecule has 7 heteroatoms. The molecule has 1 saturated carbocycles. The lowest BCUT2D eigenvalue weighted by Gasteiger charge is -2.34. The van der Waals surface area contributed by atoms with Gasteiger partial charge in [0.05, 0.1) is 6.04 Å². The lowest BCUT2D eigenvalue weighted by Crippen LogP contribution is -2.48. The van der Waals surface area contributed by atoms with Gasteiger partial charge in [-0.25, -0.2) is 0 Å². The first-order valence-electron chi connectivity index (χ1n) is 4.93. The summed E-state index contributed by atoms with van der Waals surface area (Å²) in [6.45, 7) is 1.48. The summed E-state index contributed by atoms with van der Waals surface area (Å²) in [7, 11) is -4.28. The third-order valence-electron chi connectivity index (χ3n) is 2.66. The molecule has 0 spiro atoms. The van der Waals surface area contributed by atoms with Crippen LogP contribution in [0.25, 0.3) is 0 Å². The summed E-state index contributed by atoms with van der Waals surface area (Å²) in [5.74, 6) is -1.70. The van der Waals surface area contributed by atoms with Gasteiger partial charge < -0.3 is 20.8 Å². The van der Waals surface area contributed by atoms with Crippen LogP contribution in [0.4, 0.5) is 0 Å². The number of carbonyl (C=O) groups is 1. The third kappa shape index (κ3) is 3.28. The zero-order valence-corrected chi connectivity index (χ0v) is 9.48. The van der Waals surface area contributed by atoms with Crippen LogP contribution >= 0.6 is 7.60 Å². The molecule has 15 heavy (non-hydrogen) atoms.